The molecule has 0 aromatic rings. The highest BCUT2D eigenvalue weighted by Gasteiger charge is 2.19. The van der Waals surface area contributed by atoms with Gasteiger partial charge in [0.05, 0.1) is 0 Å². The second kappa shape index (κ2) is 49.8. The predicted octanol–water partition coefficient (Wildman–Crippen LogP) is 16.9. The first-order chi connectivity index (χ1) is 30.0. The fourth-order valence-corrected chi connectivity index (χ4v) is 7.14. The summed E-state index contributed by atoms with van der Waals surface area (Å²) in [5.41, 5.74) is 0. The number of carbonyl (C=O) groups is 3. The van der Waals surface area contributed by atoms with E-state index in [0.29, 0.717) is 19.3 Å². The van der Waals surface area contributed by atoms with Crippen LogP contribution in [0.5, 0.6) is 0 Å². The van der Waals surface area contributed by atoms with Gasteiger partial charge in [0, 0.05) is 19.3 Å². The molecule has 0 radical (unpaired) electrons. The molecule has 0 aromatic heterocycles. The van der Waals surface area contributed by atoms with Crippen LogP contribution >= 0.6 is 0 Å². The number of allylic oxidation sites excluding steroid dienone is 10. The lowest BCUT2D eigenvalue weighted by molar-refractivity contribution is -0.167. The molecule has 0 bridgehead atoms. The number of carbonyl (C=O) groups excluding carboxylic acids is 3. The largest absolute Gasteiger partial charge is 0.462 e. The van der Waals surface area contributed by atoms with Crippen molar-refractivity contribution >= 4 is 17.9 Å². The molecule has 6 heteroatoms. The average Bonchev–Trinajstić information content (AvgIpc) is 3.26. The van der Waals surface area contributed by atoms with E-state index in [2.05, 4.69) is 81.5 Å². The molecule has 0 spiro atoms. The monoisotopic (exact) mass is 853 g/mol. The normalized spacial score (nSPS) is 12.5. The molecule has 0 fully saturated rings. The molecule has 0 saturated heterocycles. The van der Waals surface area contributed by atoms with Gasteiger partial charge < -0.3 is 14.2 Å². The number of esters is 3. The minimum absolute atomic E-state index is 0.0880. The second-order valence-corrected chi connectivity index (χ2v) is 17.1. The SMILES string of the molecule is CC/C=C\C/C=C\C/C=C\CCCCCCCCC(=O)OCC(COC(=O)CCCCC/C=C\C=C/CCCC)OC(=O)CCCCCCCCCCCCCCCCCC. The van der Waals surface area contributed by atoms with Crippen molar-refractivity contribution in [2.24, 2.45) is 0 Å². The molecule has 0 N–H and O–H groups in total. The summed E-state index contributed by atoms with van der Waals surface area (Å²) in [7, 11) is 0. The zero-order chi connectivity index (χ0) is 44.4. The Kier molecular flexibility index (Phi) is 47.4. The lowest BCUT2D eigenvalue weighted by atomic mass is 10.0. The first-order valence-electron chi connectivity index (χ1n) is 25.8. The van der Waals surface area contributed by atoms with E-state index in [0.717, 1.165) is 96.3 Å². The molecule has 61 heavy (non-hydrogen) atoms. The van der Waals surface area contributed by atoms with Gasteiger partial charge in [-0.15, -0.1) is 0 Å². The van der Waals surface area contributed by atoms with Crippen molar-refractivity contribution in [1.82, 2.24) is 0 Å². The van der Waals surface area contributed by atoms with Gasteiger partial charge in [-0.2, -0.15) is 0 Å². The van der Waals surface area contributed by atoms with Crippen LogP contribution in [0.3, 0.4) is 0 Å². The average molecular weight is 853 g/mol. The van der Waals surface area contributed by atoms with E-state index in [1.807, 2.05) is 0 Å². The fourth-order valence-electron chi connectivity index (χ4n) is 7.14. The number of hydrogen-bond donors (Lipinski definition) is 0. The molecule has 352 valence electrons. The Morgan fingerprint density at radius 2 is 0.705 bits per heavy atom. The van der Waals surface area contributed by atoms with Crippen LogP contribution in [-0.2, 0) is 28.6 Å². The Morgan fingerprint density at radius 3 is 1.16 bits per heavy atom. The van der Waals surface area contributed by atoms with Crippen LogP contribution in [0.4, 0.5) is 0 Å². The topological polar surface area (TPSA) is 78.9 Å². The number of ether oxygens (including phenoxy) is 3. The Bertz CT molecular complexity index is 1120. The van der Waals surface area contributed by atoms with E-state index in [-0.39, 0.29) is 31.1 Å². The summed E-state index contributed by atoms with van der Waals surface area (Å²) in [4.78, 5) is 37.9. The molecule has 1 unspecified atom stereocenters. The number of unbranched alkanes of at least 4 members (excludes halogenated alkanes) is 26. The lowest BCUT2D eigenvalue weighted by Gasteiger charge is -2.18. The second-order valence-electron chi connectivity index (χ2n) is 17.1. The van der Waals surface area contributed by atoms with Gasteiger partial charge >= 0.3 is 17.9 Å². The van der Waals surface area contributed by atoms with E-state index in [4.69, 9.17) is 14.2 Å². The van der Waals surface area contributed by atoms with E-state index in [9.17, 15) is 14.4 Å². The molecule has 0 aromatic carbocycles. The van der Waals surface area contributed by atoms with Crippen molar-refractivity contribution < 1.29 is 28.6 Å². The minimum atomic E-state index is -0.787. The van der Waals surface area contributed by atoms with Crippen LogP contribution in [0.2, 0.25) is 0 Å². The Morgan fingerprint density at radius 1 is 0.361 bits per heavy atom. The Labute approximate surface area is 377 Å². The molecule has 0 aliphatic carbocycles. The maximum Gasteiger partial charge on any atom is 0.306 e. The molecule has 1 atom stereocenters. The van der Waals surface area contributed by atoms with Crippen LogP contribution in [0, 0.1) is 0 Å². The van der Waals surface area contributed by atoms with Crippen LogP contribution in [-0.4, -0.2) is 37.2 Å². The van der Waals surface area contributed by atoms with Gasteiger partial charge in [-0.25, -0.2) is 0 Å². The van der Waals surface area contributed by atoms with Gasteiger partial charge in [0.1, 0.15) is 13.2 Å². The van der Waals surface area contributed by atoms with Crippen molar-refractivity contribution in [3.05, 3.63) is 60.8 Å². The van der Waals surface area contributed by atoms with Gasteiger partial charge in [0.2, 0.25) is 0 Å². The third kappa shape index (κ3) is 48.0. The predicted molar refractivity (Wildman–Crippen MR) is 261 cm³/mol. The number of rotatable bonds is 46. The van der Waals surface area contributed by atoms with Gasteiger partial charge in [-0.05, 0) is 70.6 Å². The quantitative estimate of drug-likeness (QED) is 0.0200. The van der Waals surface area contributed by atoms with Crippen molar-refractivity contribution in [2.75, 3.05) is 13.2 Å². The third-order valence-electron chi connectivity index (χ3n) is 11.0. The zero-order valence-electron chi connectivity index (χ0n) is 40.2. The van der Waals surface area contributed by atoms with Crippen LogP contribution in [0.15, 0.2) is 60.8 Å². The van der Waals surface area contributed by atoms with E-state index >= 15 is 0 Å². The van der Waals surface area contributed by atoms with Crippen LogP contribution < -0.4 is 0 Å². The number of hydrogen-bond acceptors (Lipinski definition) is 6. The van der Waals surface area contributed by atoms with Gasteiger partial charge in [0.25, 0.3) is 0 Å². The Hall–Kier alpha value is -2.89. The summed E-state index contributed by atoms with van der Waals surface area (Å²) in [6.07, 6.45) is 60.6. The first-order valence-corrected chi connectivity index (χ1v) is 25.8. The molecule has 0 saturated carbocycles. The summed E-state index contributed by atoms with van der Waals surface area (Å²) in [5.74, 6) is -0.923. The molecular formula is C55H96O6. The molecule has 0 amide bonds. The standard InChI is InChI=1S/C55H96O6/c1-4-7-10-13-16-19-22-24-26-28-30-33-36-39-42-45-48-54(57)60-51-52(50-59-53(56)47-44-41-38-35-32-21-18-15-12-9-6-3)61-55(58)49-46-43-40-37-34-31-29-27-25-23-20-17-14-11-8-5-2/h7,10,15-16,18-19,21,24,26,32,52H,4-6,8-9,11-14,17,20,22-23,25,27-31,33-51H2,1-3H3/b10-7-,18-15-,19-16-,26-24-,32-21-. The van der Waals surface area contributed by atoms with Crippen molar-refractivity contribution in [3.63, 3.8) is 0 Å². The highest BCUT2D eigenvalue weighted by Crippen LogP contribution is 2.15. The summed E-state index contributed by atoms with van der Waals surface area (Å²) in [6.45, 7) is 6.45. The molecule has 0 heterocycles. The van der Waals surface area contributed by atoms with Crippen LogP contribution in [0.1, 0.15) is 252 Å². The van der Waals surface area contributed by atoms with Crippen molar-refractivity contribution in [1.29, 1.82) is 0 Å². The summed E-state index contributed by atoms with van der Waals surface area (Å²) in [5, 5.41) is 0. The summed E-state index contributed by atoms with van der Waals surface area (Å²) >= 11 is 0. The molecule has 0 aliphatic rings. The van der Waals surface area contributed by atoms with Gasteiger partial charge in [-0.1, -0.05) is 223 Å². The summed E-state index contributed by atoms with van der Waals surface area (Å²) < 4.78 is 16.8. The lowest BCUT2D eigenvalue weighted by Crippen LogP contribution is -2.30. The smallest absolute Gasteiger partial charge is 0.306 e. The maximum absolute atomic E-state index is 12.8. The molecule has 0 aliphatic heterocycles. The molecular weight excluding hydrogens is 757 g/mol. The van der Waals surface area contributed by atoms with E-state index < -0.39 is 6.10 Å². The van der Waals surface area contributed by atoms with E-state index in [1.54, 1.807) is 0 Å². The first kappa shape index (κ1) is 58.1. The minimum Gasteiger partial charge on any atom is -0.462 e. The van der Waals surface area contributed by atoms with Gasteiger partial charge in [-0.3, -0.25) is 14.4 Å². The highest BCUT2D eigenvalue weighted by molar-refractivity contribution is 5.71. The van der Waals surface area contributed by atoms with E-state index in [1.165, 1.54) is 116 Å². The van der Waals surface area contributed by atoms with Crippen molar-refractivity contribution in [2.45, 2.75) is 258 Å². The highest BCUT2D eigenvalue weighted by atomic mass is 16.6. The van der Waals surface area contributed by atoms with Crippen molar-refractivity contribution in [3.8, 4) is 0 Å². The summed E-state index contributed by atoms with van der Waals surface area (Å²) in [6, 6.07) is 0. The third-order valence-corrected chi connectivity index (χ3v) is 11.0. The van der Waals surface area contributed by atoms with Gasteiger partial charge in [0.15, 0.2) is 6.10 Å². The zero-order valence-corrected chi connectivity index (χ0v) is 40.2. The van der Waals surface area contributed by atoms with Crippen LogP contribution in [0.25, 0.3) is 0 Å². The fraction of sp³-hybridized carbons (Fsp3) is 0.764. The molecule has 0 rings (SSSR count). The molecule has 6 nitrogen and oxygen atoms in total. The maximum atomic E-state index is 12.8. The Balaban J connectivity index is 4.39.